The molecule has 1 atom stereocenters. The third-order valence-electron chi connectivity index (χ3n) is 4.79. The number of nitrogens with one attached hydrogen (secondary N) is 1. The molecule has 0 bridgehead atoms. The number of rotatable bonds is 6. The minimum absolute atomic E-state index is 0.164. The van der Waals surface area contributed by atoms with Gasteiger partial charge in [0.2, 0.25) is 10.0 Å². The van der Waals surface area contributed by atoms with E-state index in [1.807, 2.05) is 25.1 Å². The average Bonchev–Trinajstić information content (AvgIpc) is 2.88. The molecule has 1 N–H and O–H groups in total. The van der Waals surface area contributed by atoms with E-state index in [2.05, 4.69) is 19.6 Å². The van der Waals surface area contributed by atoms with Gasteiger partial charge in [-0.2, -0.15) is 0 Å². The van der Waals surface area contributed by atoms with Crippen molar-refractivity contribution in [1.29, 1.82) is 0 Å². The van der Waals surface area contributed by atoms with E-state index in [0.29, 0.717) is 12.5 Å². The number of aromatic nitrogens is 2. The molecular weight excluding hydrogens is 330 g/mol. The summed E-state index contributed by atoms with van der Waals surface area (Å²) in [5, 5.41) is 0. The van der Waals surface area contributed by atoms with Crippen LogP contribution in [0.3, 0.4) is 0 Å². The standard InChI is InChI=1S/C15H25N5O3S/c1-19(2)13-8-14(17-11-16-13)20-9-15(10-20)12(5-7-23-15)4-6-18-24(3,21)22/h8,11-12,18H,4-7,9-10H2,1-3H3/t12-/m0/s1. The number of anilines is 2. The van der Waals surface area contributed by atoms with E-state index in [-0.39, 0.29) is 5.60 Å². The monoisotopic (exact) mass is 355 g/mol. The van der Waals surface area contributed by atoms with E-state index in [1.54, 1.807) is 6.33 Å². The lowest BCUT2D eigenvalue weighted by Gasteiger charge is -2.51. The van der Waals surface area contributed by atoms with Crippen LogP contribution in [0.25, 0.3) is 0 Å². The molecule has 2 aliphatic heterocycles. The van der Waals surface area contributed by atoms with Crippen LogP contribution >= 0.6 is 0 Å². The highest BCUT2D eigenvalue weighted by molar-refractivity contribution is 7.88. The first-order chi connectivity index (χ1) is 11.3. The average molecular weight is 355 g/mol. The normalized spacial score (nSPS) is 22.6. The number of nitrogens with zero attached hydrogens (tertiary/aromatic N) is 4. The smallest absolute Gasteiger partial charge is 0.208 e. The Balaban J connectivity index is 1.60. The number of hydrogen-bond acceptors (Lipinski definition) is 7. The second-order valence-electron chi connectivity index (χ2n) is 6.84. The predicted octanol–water partition coefficient (Wildman–Crippen LogP) is 0.0772. The minimum atomic E-state index is -3.13. The van der Waals surface area contributed by atoms with Crippen molar-refractivity contribution in [2.45, 2.75) is 18.4 Å². The van der Waals surface area contributed by atoms with Gasteiger partial charge >= 0.3 is 0 Å². The van der Waals surface area contributed by atoms with Gasteiger partial charge in [-0.05, 0) is 18.8 Å². The zero-order valence-electron chi connectivity index (χ0n) is 14.4. The quantitative estimate of drug-likeness (QED) is 0.773. The Labute approximate surface area is 143 Å². The molecule has 0 radical (unpaired) electrons. The van der Waals surface area contributed by atoms with Crippen LogP contribution in [0, 0.1) is 5.92 Å². The van der Waals surface area contributed by atoms with Gasteiger partial charge in [-0.1, -0.05) is 0 Å². The molecule has 2 aliphatic rings. The van der Waals surface area contributed by atoms with E-state index >= 15 is 0 Å². The summed E-state index contributed by atoms with van der Waals surface area (Å²) in [5.74, 6) is 2.16. The Morgan fingerprint density at radius 2 is 2.17 bits per heavy atom. The van der Waals surface area contributed by atoms with Crippen LogP contribution in [-0.4, -0.2) is 70.6 Å². The summed E-state index contributed by atoms with van der Waals surface area (Å²) >= 11 is 0. The van der Waals surface area contributed by atoms with Crippen molar-refractivity contribution in [1.82, 2.24) is 14.7 Å². The lowest BCUT2D eigenvalue weighted by Crippen LogP contribution is -2.65. The summed E-state index contributed by atoms with van der Waals surface area (Å²) < 4.78 is 31.0. The summed E-state index contributed by atoms with van der Waals surface area (Å²) in [4.78, 5) is 12.7. The molecule has 0 saturated carbocycles. The molecule has 0 aliphatic carbocycles. The van der Waals surface area contributed by atoms with Crippen molar-refractivity contribution in [3.8, 4) is 0 Å². The van der Waals surface area contributed by atoms with Crippen molar-refractivity contribution in [2.24, 2.45) is 5.92 Å². The third kappa shape index (κ3) is 3.62. The van der Waals surface area contributed by atoms with Gasteiger partial charge in [0.1, 0.15) is 23.6 Å². The van der Waals surface area contributed by atoms with E-state index < -0.39 is 10.0 Å². The van der Waals surface area contributed by atoms with E-state index in [0.717, 1.165) is 44.2 Å². The van der Waals surface area contributed by atoms with Gasteiger partial charge in [0.15, 0.2) is 0 Å². The summed E-state index contributed by atoms with van der Waals surface area (Å²) in [6.07, 6.45) is 4.55. The maximum atomic E-state index is 11.2. The molecular formula is C15H25N5O3S. The van der Waals surface area contributed by atoms with Gasteiger partial charge in [-0.3, -0.25) is 0 Å². The van der Waals surface area contributed by atoms with E-state index in [4.69, 9.17) is 4.74 Å². The Hall–Kier alpha value is -1.45. The molecule has 8 nitrogen and oxygen atoms in total. The molecule has 3 heterocycles. The first-order valence-corrected chi connectivity index (χ1v) is 10.0. The molecule has 134 valence electrons. The molecule has 24 heavy (non-hydrogen) atoms. The molecule has 0 unspecified atom stereocenters. The topological polar surface area (TPSA) is 87.7 Å². The van der Waals surface area contributed by atoms with E-state index in [9.17, 15) is 8.42 Å². The molecule has 2 saturated heterocycles. The maximum absolute atomic E-state index is 11.2. The van der Waals surface area contributed by atoms with Gasteiger partial charge < -0.3 is 14.5 Å². The largest absolute Gasteiger partial charge is 0.371 e. The van der Waals surface area contributed by atoms with Crippen molar-refractivity contribution < 1.29 is 13.2 Å². The van der Waals surface area contributed by atoms with Crippen molar-refractivity contribution in [3.63, 3.8) is 0 Å². The number of ether oxygens (including phenoxy) is 1. The van der Waals surface area contributed by atoms with Gasteiger partial charge in [-0.25, -0.2) is 23.1 Å². The summed E-state index contributed by atoms with van der Waals surface area (Å²) in [6.45, 7) is 2.79. The predicted molar refractivity (Wildman–Crippen MR) is 92.8 cm³/mol. The Morgan fingerprint density at radius 1 is 1.42 bits per heavy atom. The highest BCUT2D eigenvalue weighted by Gasteiger charge is 2.53. The second-order valence-corrected chi connectivity index (χ2v) is 8.67. The molecule has 3 rings (SSSR count). The molecule has 1 aromatic heterocycles. The van der Waals surface area contributed by atoms with Gasteiger partial charge in [-0.15, -0.1) is 0 Å². The maximum Gasteiger partial charge on any atom is 0.208 e. The van der Waals surface area contributed by atoms with Crippen LogP contribution in [0.5, 0.6) is 0 Å². The van der Waals surface area contributed by atoms with Crippen molar-refractivity contribution in [2.75, 3.05) is 56.4 Å². The molecule has 0 amide bonds. The molecule has 1 spiro atoms. The highest BCUT2D eigenvalue weighted by atomic mass is 32.2. The van der Waals surface area contributed by atoms with E-state index in [1.165, 1.54) is 6.26 Å². The van der Waals surface area contributed by atoms with Crippen molar-refractivity contribution >= 4 is 21.7 Å². The zero-order chi connectivity index (χ0) is 17.4. The Kier molecular flexibility index (Phi) is 4.67. The van der Waals surface area contributed by atoms with Gasteiger partial charge in [0, 0.05) is 33.3 Å². The van der Waals surface area contributed by atoms with Crippen LogP contribution < -0.4 is 14.5 Å². The second kappa shape index (κ2) is 6.45. The van der Waals surface area contributed by atoms with Gasteiger partial charge in [0.25, 0.3) is 0 Å². The summed E-state index contributed by atoms with van der Waals surface area (Å²) in [6, 6.07) is 1.97. The fourth-order valence-corrected chi connectivity index (χ4v) is 3.97. The van der Waals surface area contributed by atoms with Crippen LogP contribution in [0.15, 0.2) is 12.4 Å². The molecule has 0 aromatic carbocycles. The van der Waals surface area contributed by atoms with Crippen LogP contribution in [-0.2, 0) is 14.8 Å². The fraction of sp³-hybridized carbons (Fsp3) is 0.733. The summed E-state index contributed by atoms with van der Waals surface area (Å²) in [7, 11) is 0.775. The molecule has 9 heteroatoms. The van der Waals surface area contributed by atoms with Crippen LogP contribution in [0.1, 0.15) is 12.8 Å². The number of sulfonamides is 1. The third-order valence-corrected chi connectivity index (χ3v) is 5.52. The van der Waals surface area contributed by atoms with Crippen LogP contribution in [0.2, 0.25) is 0 Å². The first kappa shape index (κ1) is 17.4. The molecule has 2 fully saturated rings. The lowest BCUT2D eigenvalue weighted by molar-refractivity contribution is -0.0454. The Morgan fingerprint density at radius 3 is 2.83 bits per heavy atom. The first-order valence-electron chi connectivity index (χ1n) is 8.12. The highest BCUT2D eigenvalue weighted by Crippen LogP contribution is 2.43. The van der Waals surface area contributed by atoms with Gasteiger partial charge in [0.05, 0.1) is 19.3 Å². The number of hydrogen-bond donors (Lipinski definition) is 1. The van der Waals surface area contributed by atoms with Crippen molar-refractivity contribution in [3.05, 3.63) is 12.4 Å². The van der Waals surface area contributed by atoms with Crippen LogP contribution in [0.4, 0.5) is 11.6 Å². The minimum Gasteiger partial charge on any atom is -0.371 e. The SMILES string of the molecule is CN(C)c1cc(N2CC3(C2)OCC[C@@H]3CCNS(C)(=O)=O)ncn1. The zero-order valence-corrected chi connectivity index (χ0v) is 15.2. The lowest BCUT2D eigenvalue weighted by atomic mass is 9.79. The fourth-order valence-electron chi connectivity index (χ4n) is 3.48. The Bertz CT molecular complexity index is 688. The summed E-state index contributed by atoms with van der Waals surface area (Å²) in [5.41, 5.74) is -0.164. The molecule has 1 aromatic rings.